The van der Waals surface area contributed by atoms with Gasteiger partial charge >= 0.3 is 0 Å². The van der Waals surface area contributed by atoms with Gasteiger partial charge in [0.25, 0.3) is 5.56 Å². The lowest BCUT2D eigenvalue weighted by atomic mass is 10.2. The number of hydrogen-bond acceptors (Lipinski definition) is 5. The maximum atomic E-state index is 11.8. The summed E-state index contributed by atoms with van der Waals surface area (Å²) >= 11 is 4.12. The average molecular weight is 270 g/mol. The second-order valence-electron chi connectivity index (χ2n) is 3.99. The molecule has 0 amide bonds. The van der Waals surface area contributed by atoms with E-state index in [2.05, 4.69) is 28.3 Å². The number of anilines is 1. The highest BCUT2D eigenvalue weighted by Crippen LogP contribution is 2.18. The smallest absolute Gasteiger partial charge is 0.270 e. The van der Waals surface area contributed by atoms with E-state index in [1.807, 2.05) is 24.3 Å². The number of hydrogen-bond donors (Lipinski definition) is 2. The van der Waals surface area contributed by atoms with E-state index in [0.29, 0.717) is 10.7 Å². The highest BCUT2D eigenvalue weighted by molar-refractivity contribution is 7.80. The Hall–Kier alpha value is -2.34. The number of fused-ring (bicyclic) bond motifs is 1. The molecule has 0 bridgehead atoms. The summed E-state index contributed by atoms with van der Waals surface area (Å²) < 4.78 is 1.34. The van der Waals surface area contributed by atoms with E-state index in [4.69, 9.17) is 0 Å². The summed E-state index contributed by atoms with van der Waals surface area (Å²) in [4.78, 5) is 12.4. The lowest BCUT2D eigenvalue weighted by molar-refractivity contribution is 0.867. The van der Waals surface area contributed by atoms with E-state index in [1.165, 1.54) is 10.7 Å². The largest absolute Gasteiger partial charge is 0.273 e. The van der Waals surface area contributed by atoms with Crippen molar-refractivity contribution in [3.8, 4) is 0 Å². The minimum absolute atomic E-state index is 0.206. The molecule has 1 N–H and O–H groups in total. The van der Waals surface area contributed by atoms with Crippen molar-refractivity contribution in [3.63, 3.8) is 0 Å². The first kappa shape index (κ1) is 11.7. The summed E-state index contributed by atoms with van der Waals surface area (Å²) in [5, 5.41) is 9.80. The summed E-state index contributed by atoms with van der Waals surface area (Å²) in [6.07, 6.45) is 3.29. The number of aromatic nitrogens is 3. The molecule has 0 fully saturated rings. The minimum Gasteiger partial charge on any atom is -0.273 e. The third kappa shape index (κ3) is 2.30. The van der Waals surface area contributed by atoms with Gasteiger partial charge in [-0.1, -0.05) is 24.3 Å². The van der Waals surface area contributed by atoms with Crippen molar-refractivity contribution in [3.05, 3.63) is 59.1 Å². The molecule has 6 heteroatoms. The summed E-state index contributed by atoms with van der Waals surface area (Å²) in [5.41, 5.74) is 2.73. The third-order valence-electron chi connectivity index (χ3n) is 2.70. The van der Waals surface area contributed by atoms with Gasteiger partial charge in [-0.3, -0.25) is 10.2 Å². The molecule has 5 nitrogen and oxygen atoms in total. The van der Waals surface area contributed by atoms with Crippen molar-refractivity contribution in [2.45, 2.75) is 4.90 Å². The Morgan fingerprint density at radius 3 is 2.89 bits per heavy atom. The van der Waals surface area contributed by atoms with E-state index < -0.39 is 0 Å². The maximum Gasteiger partial charge on any atom is 0.270 e. The molecule has 2 heterocycles. The molecule has 0 aliphatic carbocycles. The molecule has 3 aromatic rings. The van der Waals surface area contributed by atoms with Gasteiger partial charge in [0, 0.05) is 27.9 Å². The standard InChI is InChI=1S/C13H10N4OS/c18-12-7-10(19)5-6-17(12)16-13-11-4-2-1-3-9(11)8-14-15-13/h1-8,19H,(H,15,16). The summed E-state index contributed by atoms with van der Waals surface area (Å²) in [7, 11) is 0. The van der Waals surface area contributed by atoms with E-state index in [-0.39, 0.29) is 5.56 Å². The predicted molar refractivity (Wildman–Crippen MR) is 76.5 cm³/mol. The van der Waals surface area contributed by atoms with Crippen molar-refractivity contribution in [2.24, 2.45) is 0 Å². The van der Waals surface area contributed by atoms with Crippen molar-refractivity contribution in [1.29, 1.82) is 0 Å². The second kappa shape index (κ2) is 4.74. The molecule has 0 unspecified atom stereocenters. The first-order valence-electron chi connectivity index (χ1n) is 5.63. The summed E-state index contributed by atoms with van der Waals surface area (Å²) in [5.74, 6) is 0.534. The van der Waals surface area contributed by atoms with Gasteiger partial charge in [0.05, 0.1) is 6.20 Å². The van der Waals surface area contributed by atoms with Crippen LogP contribution in [0.4, 0.5) is 5.82 Å². The van der Waals surface area contributed by atoms with Crippen molar-refractivity contribution < 1.29 is 0 Å². The van der Waals surface area contributed by atoms with Gasteiger partial charge in [-0.05, 0) is 6.07 Å². The Morgan fingerprint density at radius 1 is 1.21 bits per heavy atom. The quantitative estimate of drug-likeness (QED) is 0.699. The molecular formula is C13H10N4OS. The van der Waals surface area contributed by atoms with Crippen LogP contribution in [0.1, 0.15) is 0 Å². The fourth-order valence-electron chi connectivity index (χ4n) is 1.79. The lowest BCUT2D eigenvalue weighted by Crippen LogP contribution is -2.25. The number of rotatable bonds is 2. The summed E-state index contributed by atoms with van der Waals surface area (Å²) in [6, 6.07) is 10.8. The molecule has 0 radical (unpaired) electrons. The average Bonchev–Trinajstić information content (AvgIpc) is 2.42. The van der Waals surface area contributed by atoms with Crippen LogP contribution in [-0.4, -0.2) is 14.9 Å². The van der Waals surface area contributed by atoms with E-state index in [1.54, 1.807) is 18.5 Å². The minimum atomic E-state index is -0.206. The van der Waals surface area contributed by atoms with Crippen LogP contribution in [-0.2, 0) is 0 Å². The Balaban J connectivity index is 2.08. The van der Waals surface area contributed by atoms with Gasteiger partial charge in [0.1, 0.15) is 0 Å². The predicted octanol–water partition coefficient (Wildman–Crippen LogP) is 1.96. The zero-order chi connectivity index (χ0) is 13.2. The van der Waals surface area contributed by atoms with E-state index >= 15 is 0 Å². The van der Waals surface area contributed by atoms with Crippen LogP contribution in [0.3, 0.4) is 0 Å². The molecule has 3 rings (SSSR count). The molecule has 2 aromatic heterocycles. The first-order chi connectivity index (χ1) is 9.24. The van der Waals surface area contributed by atoms with Crippen LogP contribution in [0.5, 0.6) is 0 Å². The van der Waals surface area contributed by atoms with Crippen LogP contribution in [0, 0.1) is 0 Å². The highest BCUT2D eigenvalue weighted by atomic mass is 32.1. The molecular weight excluding hydrogens is 260 g/mol. The van der Waals surface area contributed by atoms with Gasteiger partial charge in [-0.2, -0.15) is 5.10 Å². The monoisotopic (exact) mass is 270 g/mol. The number of pyridine rings is 1. The van der Waals surface area contributed by atoms with Gasteiger partial charge < -0.3 is 0 Å². The SMILES string of the molecule is O=c1cc(S)ccn1Nc1nncc2ccccc12. The van der Waals surface area contributed by atoms with Crippen LogP contribution < -0.4 is 11.0 Å². The molecule has 0 aliphatic heterocycles. The number of benzene rings is 1. The van der Waals surface area contributed by atoms with Crippen molar-refractivity contribution in [2.75, 3.05) is 5.43 Å². The van der Waals surface area contributed by atoms with Gasteiger partial charge in [-0.15, -0.1) is 17.7 Å². The molecule has 19 heavy (non-hydrogen) atoms. The molecule has 1 aromatic carbocycles. The zero-order valence-electron chi connectivity index (χ0n) is 9.82. The fourth-order valence-corrected chi connectivity index (χ4v) is 1.96. The van der Waals surface area contributed by atoms with E-state index in [9.17, 15) is 4.79 Å². The highest BCUT2D eigenvalue weighted by Gasteiger charge is 2.04. The Morgan fingerprint density at radius 2 is 2.05 bits per heavy atom. The first-order valence-corrected chi connectivity index (χ1v) is 6.08. The lowest BCUT2D eigenvalue weighted by Gasteiger charge is -2.09. The Labute approximate surface area is 114 Å². The Kier molecular flexibility index (Phi) is 2.92. The second-order valence-corrected chi connectivity index (χ2v) is 4.50. The molecule has 0 spiro atoms. The topological polar surface area (TPSA) is 59.8 Å². The van der Waals surface area contributed by atoms with Crippen LogP contribution in [0.2, 0.25) is 0 Å². The zero-order valence-corrected chi connectivity index (χ0v) is 10.7. The number of nitrogens with one attached hydrogen (secondary N) is 1. The molecule has 0 atom stereocenters. The molecule has 0 saturated heterocycles. The third-order valence-corrected chi connectivity index (χ3v) is 2.98. The van der Waals surface area contributed by atoms with Crippen LogP contribution in [0.15, 0.2) is 58.5 Å². The van der Waals surface area contributed by atoms with Crippen LogP contribution in [0.25, 0.3) is 10.8 Å². The number of thiol groups is 1. The Bertz CT molecular complexity index is 795. The van der Waals surface area contributed by atoms with E-state index in [0.717, 1.165) is 10.8 Å². The van der Waals surface area contributed by atoms with Gasteiger partial charge in [0.15, 0.2) is 5.82 Å². The molecule has 0 saturated carbocycles. The summed E-state index contributed by atoms with van der Waals surface area (Å²) in [6.45, 7) is 0. The van der Waals surface area contributed by atoms with Gasteiger partial charge in [-0.25, -0.2) is 4.68 Å². The fraction of sp³-hybridized carbons (Fsp3) is 0. The maximum absolute atomic E-state index is 11.8. The van der Waals surface area contributed by atoms with Gasteiger partial charge in [0.2, 0.25) is 0 Å². The molecule has 0 aliphatic rings. The van der Waals surface area contributed by atoms with Crippen LogP contribution >= 0.6 is 12.6 Å². The normalized spacial score (nSPS) is 10.6. The van der Waals surface area contributed by atoms with Crippen molar-refractivity contribution in [1.82, 2.24) is 14.9 Å². The molecule has 94 valence electrons. The van der Waals surface area contributed by atoms with Crippen molar-refractivity contribution >= 4 is 29.2 Å². The number of nitrogens with zero attached hydrogens (tertiary/aromatic N) is 3.